The van der Waals surface area contributed by atoms with Gasteiger partial charge in [0.15, 0.2) is 6.04 Å². The fraction of sp³-hybridized carbons (Fsp3) is 0.735. The van der Waals surface area contributed by atoms with Crippen molar-refractivity contribution in [2.75, 3.05) is 18.8 Å². The molecule has 0 aromatic carbocycles. The van der Waals surface area contributed by atoms with E-state index < -0.39 is 133 Å². The van der Waals surface area contributed by atoms with Gasteiger partial charge in [-0.2, -0.15) is 12.6 Å². The molecule has 0 radical (unpaired) electrons. The van der Waals surface area contributed by atoms with Crippen LogP contribution in [0.15, 0.2) is 0 Å². The summed E-state index contributed by atoms with van der Waals surface area (Å²) in [5.41, 5.74) is 16.5. The number of aliphatic hydroxyl groups excluding tert-OH is 2. The molecule has 0 saturated carbocycles. The Morgan fingerprint density at radius 2 is 1.18 bits per heavy atom. The standard InChI is InChI=1S/C34H62N10O12S/c1-7-16(4)26(43-28(49)19(10-8-9-11-35)40-33(54)25(15(2)3)42-31(52)24(37)17(5)45)32(53)38-13-23(48)39-21(14-57)30(51)41-20(12-22(36)47)29(50)44-27(18(6)46)34(55)56/h15-21,24-27,45-46,57H,7-14,35,37H2,1-6H3,(H2,36,47)(H,38,53)(H,39,48)(H,40,54)(H,41,51)(H,42,52)(H,43,49)(H,44,50)(H,55,56)/t16-,17+,18+,19-,20-,21-,24-,25-,26-,27-/m0/s1. The number of carboxylic acids is 1. The zero-order valence-electron chi connectivity index (χ0n) is 33.2. The minimum Gasteiger partial charge on any atom is -0.480 e. The topological polar surface area (TPSA) is 377 Å². The minimum atomic E-state index is -1.78. The number of unbranched alkanes of at least 4 members (excludes halogenated alkanes) is 1. The van der Waals surface area contributed by atoms with Crippen LogP contribution in [0.3, 0.4) is 0 Å². The molecule has 10 atom stereocenters. The molecular formula is C34H62N10O12S. The largest absolute Gasteiger partial charge is 0.480 e. The van der Waals surface area contributed by atoms with Crippen molar-refractivity contribution in [2.45, 2.75) is 128 Å². The number of carboxylic acid groups (broad SMARTS) is 1. The zero-order chi connectivity index (χ0) is 44.2. The Hall–Kier alpha value is -4.58. The van der Waals surface area contributed by atoms with Crippen LogP contribution in [0, 0.1) is 11.8 Å². The molecule has 0 fully saturated rings. The van der Waals surface area contributed by atoms with Gasteiger partial charge >= 0.3 is 5.97 Å². The van der Waals surface area contributed by atoms with E-state index in [9.17, 15) is 58.5 Å². The molecule has 0 unspecified atom stereocenters. The maximum Gasteiger partial charge on any atom is 0.328 e. The first-order valence-electron chi connectivity index (χ1n) is 18.5. The molecule has 0 aliphatic carbocycles. The average molecular weight is 835 g/mol. The molecule has 326 valence electrons. The molecule has 0 bridgehead atoms. The van der Waals surface area contributed by atoms with E-state index in [1.165, 1.54) is 6.92 Å². The van der Waals surface area contributed by atoms with E-state index in [1.54, 1.807) is 27.7 Å². The van der Waals surface area contributed by atoms with Crippen LogP contribution in [0.4, 0.5) is 0 Å². The van der Waals surface area contributed by atoms with Gasteiger partial charge in [0.1, 0.15) is 36.3 Å². The van der Waals surface area contributed by atoms with Crippen LogP contribution in [0.2, 0.25) is 0 Å². The lowest BCUT2D eigenvalue weighted by molar-refractivity contribution is -0.145. The molecule has 0 aliphatic heterocycles. The van der Waals surface area contributed by atoms with E-state index in [0.717, 1.165) is 6.92 Å². The van der Waals surface area contributed by atoms with Crippen molar-refractivity contribution >= 4 is 65.9 Å². The molecule has 0 aromatic heterocycles. The Bertz CT molecular complexity index is 1400. The highest BCUT2D eigenvalue weighted by Crippen LogP contribution is 2.11. The van der Waals surface area contributed by atoms with E-state index >= 15 is 0 Å². The summed E-state index contributed by atoms with van der Waals surface area (Å²) < 4.78 is 0. The van der Waals surface area contributed by atoms with Crippen LogP contribution >= 0.6 is 12.6 Å². The SMILES string of the molecule is CC[C@H](C)[C@H](NC(=O)[C@H](CCCCN)NC(=O)[C@@H](NC(=O)[C@@H](N)[C@@H](C)O)C(C)C)C(=O)NCC(=O)N[C@@H](CS)C(=O)N[C@@H](CC(N)=O)C(=O)N[C@H](C(=O)O)[C@@H](C)O. The highest BCUT2D eigenvalue weighted by atomic mass is 32.1. The molecule has 0 aromatic rings. The van der Waals surface area contributed by atoms with Crippen LogP contribution in [0.5, 0.6) is 0 Å². The second-order valence-electron chi connectivity index (χ2n) is 14.0. The number of carbonyl (C=O) groups is 9. The van der Waals surface area contributed by atoms with Gasteiger partial charge in [-0.25, -0.2) is 4.79 Å². The van der Waals surface area contributed by atoms with Crippen molar-refractivity contribution in [1.29, 1.82) is 0 Å². The zero-order valence-corrected chi connectivity index (χ0v) is 34.1. The molecule has 16 N–H and O–H groups in total. The monoisotopic (exact) mass is 834 g/mol. The van der Waals surface area contributed by atoms with Crippen molar-refractivity contribution in [1.82, 2.24) is 37.2 Å². The average Bonchev–Trinajstić information content (AvgIpc) is 3.13. The number of primary amides is 1. The maximum atomic E-state index is 13.6. The van der Waals surface area contributed by atoms with E-state index in [4.69, 9.17) is 17.2 Å². The second kappa shape index (κ2) is 26.4. The highest BCUT2D eigenvalue weighted by molar-refractivity contribution is 7.80. The number of rotatable bonds is 27. The summed E-state index contributed by atoms with van der Waals surface area (Å²) in [5, 5.41) is 45.3. The predicted octanol–water partition coefficient (Wildman–Crippen LogP) is -5.18. The Labute approximate surface area is 337 Å². The molecule has 0 saturated heterocycles. The molecule has 23 heteroatoms. The summed E-state index contributed by atoms with van der Waals surface area (Å²) in [6.45, 7) is 8.77. The number of nitrogens with two attached hydrogens (primary N) is 3. The van der Waals surface area contributed by atoms with Crippen molar-refractivity contribution < 1.29 is 58.5 Å². The summed E-state index contributed by atoms with van der Waals surface area (Å²) in [4.78, 5) is 115. The van der Waals surface area contributed by atoms with Gasteiger partial charge < -0.3 is 69.7 Å². The number of aliphatic carboxylic acids is 1. The number of nitrogens with one attached hydrogen (secondary N) is 7. The summed E-state index contributed by atoms with van der Waals surface area (Å²) in [6, 6.07) is -9.73. The molecule has 0 heterocycles. The Kier molecular flexibility index (Phi) is 24.2. The van der Waals surface area contributed by atoms with Gasteiger partial charge in [-0.1, -0.05) is 34.1 Å². The first-order valence-corrected chi connectivity index (χ1v) is 19.2. The summed E-state index contributed by atoms with van der Waals surface area (Å²) in [7, 11) is 0. The van der Waals surface area contributed by atoms with Gasteiger partial charge in [-0.15, -0.1) is 0 Å². The van der Waals surface area contributed by atoms with Gasteiger partial charge in [0.25, 0.3) is 0 Å². The van der Waals surface area contributed by atoms with Gasteiger partial charge in [0.05, 0.1) is 25.2 Å². The van der Waals surface area contributed by atoms with Crippen molar-refractivity contribution in [2.24, 2.45) is 29.0 Å². The lowest BCUT2D eigenvalue weighted by atomic mass is 9.97. The molecule has 22 nitrogen and oxygen atoms in total. The summed E-state index contributed by atoms with van der Waals surface area (Å²) >= 11 is 4.04. The second-order valence-corrected chi connectivity index (χ2v) is 14.4. The molecular weight excluding hydrogens is 772 g/mol. The number of amides is 8. The normalized spacial score (nSPS) is 16.4. The Balaban J connectivity index is 5.87. The van der Waals surface area contributed by atoms with Crippen molar-refractivity contribution in [3.05, 3.63) is 0 Å². The third-order valence-corrected chi connectivity index (χ3v) is 9.15. The van der Waals surface area contributed by atoms with E-state index in [1.807, 2.05) is 5.32 Å². The molecule has 0 aliphatic rings. The highest BCUT2D eigenvalue weighted by Gasteiger charge is 2.35. The van der Waals surface area contributed by atoms with Gasteiger partial charge in [0, 0.05) is 5.75 Å². The lowest BCUT2D eigenvalue weighted by Crippen LogP contribution is -2.60. The van der Waals surface area contributed by atoms with Crippen LogP contribution in [-0.4, -0.2) is 142 Å². The van der Waals surface area contributed by atoms with Gasteiger partial charge in [-0.3, -0.25) is 38.4 Å². The van der Waals surface area contributed by atoms with Gasteiger partial charge in [-0.05, 0) is 51.5 Å². The molecule has 0 rings (SSSR count). The smallest absolute Gasteiger partial charge is 0.328 e. The van der Waals surface area contributed by atoms with Crippen LogP contribution in [0.25, 0.3) is 0 Å². The number of aliphatic hydroxyl groups is 2. The van der Waals surface area contributed by atoms with Crippen molar-refractivity contribution in [3.63, 3.8) is 0 Å². The van der Waals surface area contributed by atoms with E-state index in [2.05, 4.69) is 44.5 Å². The fourth-order valence-electron chi connectivity index (χ4n) is 5.02. The first-order chi connectivity index (χ1) is 26.5. The Morgan fingerprint density at radius 3 is 1.65 bits per heavy atom. The summed E-state index contributed by atoms with van der Waals surface area (Å²) in [5.74, 6) is -9.98. The van der Waals surface area contributed by atoms with Crippen molar-refractivity contribution in [3.8, 4) is 0 Å². The summed E-state index contributed by atoms with van der Waals surface area (Å²) in [6.07, 6.45) is -2.06. The van der Waals surface area contributed by atoms with Gasteiger partial charge in [0.2, 0.25) is 47.3 Å². The Morgan fingerprint density at radius 1 is 0.649 bits per heavy atom. The third kappa shape index (κ3) is 18.9. The quantitative estimate of drug-likeness (QED) is 0.0272. The van der Waals surface area contributed by atoms with Crippen LogP contribution < -0.4 is 54.4 Å². The number of thiol groups is 1. The predicted molar refractivity (Wildman–Crippen MR) is 208 cm³/mol. The number of carbonyl (C=O) groups excluding carboxylic acids is 8. The number of hydrogen-bond acceptors (Lipinski definition) is 14. The first kappa shape index (κ1) is 52.4. The molecule has 57 heavy (non-hydrogen) atoms. The maximum absolute atomic E-state index is 13.6. The van der Waals surface area contributed by atoms with E-state index in [0.29, 0.717) is 25.8 Å². The van der Waals surface area contributed by atoms with Crippen LogP contribution in [-0.2, 0) is 43.2 Å². The van der Waals surface area contributed by atoms with E-state index in [-0.39, 0.29) is 12.2 Å². The van der Waals surface area contributed by atoms with Crippen LogP contribution in [0.1, 0.15) is 73.6 Å². The molecule has 0 spiro atoms. The lowest BCUT2D eigenvalue weighted by Gasteiger charge is -2.29. The fourth-order valence-corrected chi connectivity index (χ4v) is 5.28. The minimum absolute atomic E-state index is 0.119. The molecule has 8 amide bonds. The third-order valence-electron chi connectivity index (χ3n) is 8.78. The number of hydrogen-bond donors (Lipinski definition) is 14.